The van der Waals surface area contributed by atoms with Crippen LogP contribution >= 0.6 is 0 Å². The van der Waals surface area contributed by atoms with Crippen molar-refractivity contribution in [2.45, 2.75) is 12.8 Å². The van der Waals surface area contributed by atoms with Crippen LogP contribution < -0.4 is 15.2 Å². The number of aromatic hydroxyl groups is 1. The number of para-hydroxylation sites is 1. The second-order valence-electron chi connectivity index (χ2n) is 5.12. The maximum atomic E-state index is 9.67. The molecule has 5 nitrogen and oxygen atoms in total. The van der Waals surface area contributed by atoms with Gasteiger partial charge in [-0.3, -0.25) is 0 Å². The first kappa shape index (κ1) is 14.8. The van der Waals surface area contributed by atoms with Gasteiger partial charge in [-0.15, -0.1) is 0 Å². The summed E-state index contributed by atoms with van der Waals surface area (Å²) in [6.07, 6.45) is 0. The normalized spacial score (nSPS) is 16.3. The van der Waals surface area contributed by atoms with E-state index in [9.17, 15) is 10.4 Å². The molecule has 0 saturated carbocycles. The van der Waals surface area contributed by atoms with Crippen LogP contribution in [-0.4, -0.2) is 11.7 Å². The van der Waals surface area contributed by atoms with Crippen LogP contribution in [0.15, 0.2) is 53.9 Å². The number of nitrogens with two attached hydrogens (primary N) is 1. The molecule has 2 aromatic rings. The minimum Gasteiger partial charge on any atom is -0.508 e. The molecule has 1 aliphatic heterocycles. The Hall–Kier alpha value is -3.13. The Kier molecular flexibility index (Phi) is 3.82. The second kappa shape index (κ2) is 5.93. The Balaban J connectivity index is 2.23. The monoisotopic (exact) mass is 308 g/mol. The summed E-state index contributed by atoms with van der Waals surface area (Å²) < 4.78 is 11.2. The summed E-state index contributed by atoms with van der Waals surface area (Å²) in [6, 6.07) is 14.5. The first-order valence-electron chi connectivity index (χ1n) is 7.28. The zero-order chi connectivity index (χ0) is 16.4. The van der Waals surface area contributed by atoms with Crippen molar-refractivity contribution in [2.75, 3.05) is 6.61 Å². The second-order valence-corrected chi connectivity index (χ2v) is 5.12. The number of nitriles is 1. The average molecular weight is 308 g/mol. The van der Waals surface area contributed by atoms with Crippen LogP contribution in [0.2, 0.25) is 0 Å². The fraction of sp³-hybridized carbons (Fsp3) is 0.167. The molecule has 0 saturated heterocycles. The molecule has 0 fully saturated rings. The highest BCUT2D eigenvalue weighted by atomic mass is 16.5. The number of phenolic OH excluding ortho intramolecular Hbond substituents is 1. The summed E-state index contributed by atoms with van der Waals surface area (Å²) in [5.41, 5.74) is 7.85. The van der Waals surface area contributed by atoms with E-state index in [1.807, 2.05) is 31.2 Å². The van der Waals surface area contributed by atoms with Crippen LogP contribution in [0.4, 0.5) is 0 Å². The quantitative estimate of drug-likeness (QED) is 0.910. The van der Waals surface area contributed by atoms with Crippen LogP contribution in [0.3, 0.4) is 0 Å². The number of benzene rings is 2. The summed E-state index contributed by atoms with van der Waals surface area (Å²) in [5, 5.41) is 19.2. The van der Waals surface area contributed by atoms with Gasteiger partial charge in [0.2, 0.25) is 5.88 Å². The number of nitrogens with zero attached hydrogens (tertiary/aromatic N) is 1. The SMILES string of the molecule is CCOc1ccccc1[C@H]1C(C#N)=C(N)Oc2cc(O)ccc21. The zero-order valence-corrected chi connectivity index (χ0v) is 12.6. The number of ether oxygens (including phenoxy) is 2. The predicted molar refractivity (Wildman–Crippen MR) is 85.0 cm³/mol. The van der Waals surface area contributed by atoms with Gasteiger partial charge in [-0.2, -0.15) is 5.26 Å². The third-order valence-corrected chi connectivity index (χ3v) is 3.73. The molecule has 1 heterocycles. The van der Waals surface area contributed by atoms with Gasteiger partial charge in [0.1, 0.15) is 28.9 Å². The number of rotatable bonds is 3. The van der Waals surface area contributed by atoms with E-state index in [0.29, 0.717) is 23.7 Å². The van der Waals surface area contributed by atoms with E-state index in [2.05, 4.69) is 6.07 Å². The minimum absolute atomic E-state index is 0.0434. The van der Waals surface area contributed by atoms with Crippen LogP contribution in [0.25, 0.3) is 0 Å². The van der Waals surface area contributed by atoms with E-state index in [1.54, 1.807) is 12.1 Å². The standard InChI is InChI=1S/C18H16N2O3/c1-2-22-15-6-4-3-5-12(15)17-13-8-7-11(21)9-16(13)23-18(20)14(17)10-19/h3-9,17,21H,2,20H2,1H3/t17-/m1/s1. The Labute approximate surface area is 134 Å². The fourth-order valence-electron chi connectivity index (χ4n) is 2.77. The molecule has 0 spiro atoms. The lowest BCUT2D eigenvalue weighted by Gasteiger charge is -2.27. The van der Waals surface area contributed by atoms with Crippen molar-refractivity contribution in [1.29, 1.82) is 5.26 Å². The molecule has 116 valence electrons. The van der Waals surface area contributed by atoms with E-state index in [-0.39, 0.29) is 11.6 Å². The molecule has 0 unspecified atom stereocenters. The number of fused-ring (bicyclic) bond motifs is 1. The van der Waals surface area contributed by atoms with E-state index >= 15 is 0 Å². The molecular weight excluding hydrogens is 292 g/mol. The van der Waals surface area contributed by atoms with E-state index in [0.717, 1.165) is 11.1 Å². The fourth-order valence-corrected chi connectivity index (χ4v) is 2.77. The topological polar surface area (TPSA) is 88.5 Å². The molecule has 23 heavy (non-hydrogen) atoms. The molecule has 0 aliphatic carbocycles. The molecule has 0 radical (unpaired) electrons. The first-order chi connectivity index (χ1) is 11.2. The smallest absolute Gasteiger partial charge is 0.205 e. The Morgan fingerprint density at radius 3 is 2.78 bits per heavy atom. The van der Waals surface area contributed by atoms with Crippen LogP contribution in [0.1, 0.15) is 24.0 Å². The van der Waals surface area contributed by atoms with Gasteiger partial charge in [0.25, 0.3) is 0 Å². The van der Waals surface area contributed by atoms with Crippen molar-refractivity contribution in [2.24, 2.45) is 5.73 Å². The first-order valence-corrected chi connectivity index (χ1v) is 7.28. The van der Waals surface area contributed by atoms with Crippen molar-refractivity contribution in [3.8, 4) is 23.3 Å². The zero-order valence-electron chi connectivity index (χ0n) is 12.6. The van der Waals surface area contributed by atoms with E-state index in [1.165, 1.54) is 6.07 Å². The van der Waals surface area contributed by atoms with Crippen molar-refractivity contribution >= 4 is 0 Å². The molecule has 0 bridgehead atoms. The largest absolute Gasteiger partial charge is 0.508 e. The highest BCUT2D eigenvalue weighted by Gasteiger charge is 2.32. The lowest BCUT2D eigenvalue weighted by molar-refractivity contribution is 0.334. The minimum atomic E-state index is -0.396. The Morgan fingerprint density at radius 2 is 2.04 bits per heavy atom. The maximum Gasteiger partial charge on any atom is 0.205 e. The molecule has 3 rings (SSSR count). The van der Waals surface area contributed by atoms with Crippen molar-refractivity contribution < 1.29 is 14.6 Å². The maximum absolute atomic E-state index is 9.67. The molecule has 0 amide bonds. The van der Waals surface area contributed by atoms with Crippen LogP contribution in [-0.2, 0) is 0 Å². The van der Waals surface area contributed by atoms with Gasteiger partial charge in [-0.05, 0) is 19.1 Å². The Bertz CT molecular complexity index is 821. The van der Waals surface area contributed by atoms with Crippen molar-refractivity contribution in [1.82, 2.24) is 0 Å². The van der Waals surface area contributed by atoms with Crippen molar-refractivity contribution in [3.05, 3.63) is 65.0 Å². The summed E-state index contributed by atoms with van der Waals surface area (Å²) in [7, 11) is 0. The summed E-state index contributed by atoms with van der Waals surface area (Å²) in [6.45, 7) is 2.42. The van der Waals surface area contributed by atoms with E-state index in [4.69, 9.17) is 15.2 Å². The summed E-state index contributed by atoms with van der Waals surface area (Å²) in [4.78, 5) is 0. The van der Waals surface area contributed by atoms with Gasteiger partial charge in [0, 0.05) is 17.2 Å². The lowest BCUT2D eigenvalue weighted by atomic mass is 9.83. The summed E-state index contributed by atoms with van der Waals surface area (Å²) in [5.74, 6) is 0.863. The molecule has 1 aliphatic rings. The number of allylic oxidation sites excluding steroid dienone is 1. The van der Waals surface area contributed by atoms with Crippen molar-refractivity contribution in [3.63, 3.8) is 0 Å². The molecular formula is C18H16N2O3. The number of phenols is 1. The number of hydrogen-bond donors (Lipinski definition) is 2. The molecule has 3 N–H and O–H groups in total. The lowest BCUT2D eigenvalue weighted by Crippen LogP contribution is -2.21. The summed E-state index contributed by atoms with van der Waals surface area (Å²) >= 11 is 0. The highest BCUT2D eigenvalue weighted by Crippen LogP contribution is 2.45. The van der Waals surface area contributed by atoms with Crippen LogP contribution in [0, 0.1) is 11.3 Å². The van der Waals surface area contributed by atoms with Gasteiger partial charge in [-0.25, -0.2) is 0 Å². The molecule has 5 heteroatoms. The Morgan fingerprint density at radius 1 is 1.26 bits per heavy atom. The van der Waals surface area contributed by atoms with Gasteiger partial charge in [0.05, 0.1) is 12.5 Å². The number of hydrogen-bond acceptors (Lipinski definition) is 5. The van der Waals surface area contributed by atoms with Gasteiger partial charge >= 0.3 is 0 Å². The molecule has 1 atom stereocenters. The molecule has 2 aromatic carbocycles. The van der Waals surface area contributed by atoms with Gasteiger partial charge in [0.15, 0.2) is 0 Å². The average Bonchev–Trinajstić information content (AvgIpc) is 2.54. The molecule has 0 aromatic heterocycles. The van der Waals surface area contributed by atoms with Gasteiger partial charge < -0.3 is 20.3 Å². The van der Waals surface area contributed by atoms with Gasteiger partial charge in [-0.1, -0.05) is 24.3 Å². The highest BCUT2D eigenvalue weighted by molar-refractivity contribution is 5.59. The van der Waals surface area contributed by atoms with E-state index < -0.39 is 5.92 Å². The van der Waals surface area contributed by atoms with Crippen LogP contribution in [0.5, 0.6) is 17.2 Å². The predicted octanol–water partition coefficient (Wildman–Crippen LogP) is 3.01. The third-order valence-electron chi connectivity index (χ3n) is 3.73. The third kappa shape index (κ3) is 2.55.